The van der Waals surface area contributed by atoms with E-state index in [2.05, 4.69) is 0 Å². The van der Waals surface area contributed by atoms with Crippen molar-refractivity contribution in [2.45, 2.75) is 33.8 Å². The van der Waals surface area contributed by atoms with E-state index in [1.807, 2.05) is 20.8 Å². The average Bonchev–Trinajstić information content (AvgIpc) is 1.99. The van der Waals surface area contributed by atoms with Crippen molar-refractivity contribution in [2.24, 2.45) is 0 Å². The van der Waals surface area contributed by atoms with Gasteiger partial charge in [0.2, 0.25) is 0 Å². The number of hydrogen-bond acceptors (Lipinski definition) is 1. The average molecular weight is 182 g/mol. The minimum absolute atomic E-state index is 0.128. The first kappa shape index (κ1) is 10.0. The van der Waals surface area contributed by atoms with Gasteiger partial charge < -0.3 is 4.74 Å². The first-order valence-electron chi connectivity index (χ1n) is 4.44. The molecule has 0 aliphatic rings. The highest BCUT2D eigenvalue weighted by molar-refractivity contribution is 5.37. The zero-order chi connectivity index (χ0) is 10.0. The maximum absolute atomic E-state index is 13.0. The molecule has 1 rings (SSSR count). The van der Waals surface area contributed by atoms with Gasteiger partial charge in [-0.05, 0) is 51.0 Å². The van der Waals surface area contributed by atoms with Crippen molar-refractivity contribution in [1.82, 2.24) is 0 Å². The molecule has 0 heterocycles. The Hall–Kier alpha value is -1.05. The monoisotopic (exact) mass is 182 g/mol. The van der Waals surface area contributed by atoms with Crippen LogP contribution in [0.4, 0.5) is 4.39 Å². The maximum Gasteiger partial charge on any atom is 0.126 e. The van der Waals surface area contributed by atoms with Crippen LogP contribution in [-0.4, -0.2) is 6.10 Å². The third-order valence-electron chi connectivity index (χ3n) is 1.82. The van der Waals surface area contributed by atoms with E-state index in [0.29, 0.717) is 5.56 Å². The van der Waals surface area contributed by atoms with Gasteiger partial charge >= 0.3 is 0 Å². The van der Waals surface area contributed by atoms with Gasteiger partial charge in [0.05, 0.1) is 6.10 Å². The number of aryl methyl sites for hydroxylation is 2. The first-order valence-corrected chi connectivity index (χ1v) is 4.44. The Labute approximate surface area is 78.5 Å². The Balaban J connectivity index is 3.01. The molecule has 0 aliphatic carbocycles. The molecule has 0 atom stereocenters. The normalized spacial score (nSPS) is 10.6. The molecular weight excluding hydrogens is 167 g/mol. The van der Waals surface area contributed by atoms with Crippen LogP contribution >= 0.6 is 0 Å². The molecule has 0 saturated heterocycles. The summed E-state index contributed by atoms with van der Waals surface area (Å²) in [7, 11) is 0. The van der Waals surface area contributed by atoms with E-state index in [4.69, 9.17) is 4.74 Å². The quantitative estimate of drug-likeness (QED) is 0.682. The van der Waals surface area contributed by atoms with E-state index in [1.165, 1.54) is 6.07 Å². The van der Waals surface area contributed by atoms with Gasteiger partial charge in [0.1, 0.15) is 11.6 Å². The topological polar surface area (TPSA) is 9.23 Å². The Morgan fingerprint density at radius 2 is 1.77 bits per heavy atom. The van der Waals surface area contributed by atoms with Crippen LogP contribution in [0.2, 0.25) is 0 Å². The lowest BCUT2D eigenvalue weighted by Gasteiger charge is -2.13. The third-order valence-corrected chi connectivity index (χ3v) is 1.82. The molecule has 0 N–H and O–H groups in total. The van der Waals surface area contributed by atoms with Crippen molar-refractivity contribution in [3.05, 3.63) is 29.1 Å². The summed E-state index contributed by atoms with van der Waals surface area (Å²) in [6.45, 7) is 7.50. The molecule has 0 unspecified atom stereocenters. The summed E-state index contributed by atoms with van der Waals surface area (Å²) >= 11 is 0. The lowest BCUT2D eigenvalue weighted by atomic mass is 10.1. The van der Waals surface area contributed by atoms with E-state index < -0.39 is 0 Å². The van der Waals surface area contributed by atoms with Gasteiger partial charge in [0.25, 0.3) is 0 Å². The van der Waals surface area contributed by atoms with Crippen LogP contribution in [0.25, 0.3) is 0 Å². The van der Waals surface area contributed by atoms with Crippen molar-refractivity contribution in [3.63, 3.8) is 0 Å². The number of halogens is 1. The smallest absolute Gasteiger partial charge is 0.126 e. The number of rotatable bonds is 2. The molecule has 0 fully saturated rings. The van der Waals surface area contributed by atoms with Gasteiger partial charge in [-0.2, -0.15) is 0 Å². The standard InChI is InChI=1S/C11H15FO/c1-7(2)13-11-6-8(3)10(12)5-9(11)4/h5-7H,1-4H3. The molecule has 13 heavy (non-hydrogen) atoms. The molecule has 2 heteroatoms. The summed E-state index contributed by atoms with van der Waals surface area (Å²) in [5, 5.41) is 0. The molecule has 0 bridgehead atoms. The summed E-state index contributed by atoms with van der Waals surface area (Å²) in [6, 6.07) is 3.25. The number of hydrogen-bond donors (Lipinski definition) is 0. The maximum atomic E-state index is 13.0. The van der Waals surface area contributed by atoms with E-state index >= 15 is 0 Å². The minimum Gasteiger partial charge on any atom is -0.491 e. The molecule has 0 saturated carbocycles. The summed E-state index contributed by atoms with van der Waals surface area (Å²) in [4.78, 5) is 0. The van der Waals surface area contributed by atoms with E-state index in [0.717, 1.165) is 11.3 Å². The van der Waals surface area contributed by atoms with Crippen LogP contribution in [0, 0.1) is 19.7 Å². The fraction of sp³-hybridized carbons (Fsp3) is 0.455. The molecule has 0 aliphatic heterocycles. The predicted molar refractivity (Wildman–Crippen MR) is 51.6 cm³/mol. The second kappa shape index (κ2) is 3.77. The van der Waals surface area contributed by atoms with Crippen molar-refractivity contribution in [3.8, 4) is 5.75 Å². The van der Waals surface area contributed by atoms with Gasteiger partial charge in [0.15, 0.2) is 0 Å². The lowest BCUT2D eigenvalue weighted by Crippen LogP contribution is -2.07. The fourth-order valence-corrected chi connectivity index (χ4v) is 1.14. The summed E-state index contributed by atoms with van der Waals surface area (Å²) < 4.78 is 18.6. The summed E-state index contributed by atoms with van der Waals surface area (Å²) in [5.74, 6) is 0.600. The number of ether oxygens (including phenoxy) is 1. The molecule has 0 amide bonds. The Morgan fingerprint density at radius 3 is 2.31 bits per heavy atom. The van der Waals surface area contributed by atoms with Crippen LogP contribution in [-0.2, 0) is 0 Å². The highest BCUT2D eigenvalue weighted by atomic mass is 19.1. The lowest BCUT2D eigenvalue weighted by molar-refractivity contribution is 0.240. The van der Waals surface area contributed by atoms with Crippen molar-refractivity contribution in [1.29, 1.82) is 0 Å². The van der Waals surface area contributed by atoms with Gasteiger partial charge in [0, 0.05) is 0 Å². The van der Waals surface area contributed by atoms with Crippen LogP contribution in [0.5, 0.6) is 5.75 Å². The van der Waals surface area contributed by atoms with Crippen LogP contribution in [0.1, 0.15) is 25.0 Å². The molecular formula is C11H15FO. The second-order valence-electron chi connectivity index (χ2n) is 3.53. The Morgan fingerprint density at radius 1 is 1.15 bits per heavy atom. The Bertz CT molecular complexity index is 305. The highest BCUT2D eigenvalue weighted by Crippen LogP contribution is 2.22. The third kappa shape index (κ3) is 2.44. The van der Waals surface area contributed by atoms with Gasteiger partial charge in [-0.25, -0.2) is 4.39 Å². The molecule has 1 nitrogen and oxygen atoms in total. The van der Waals surface area contributed by atoms with E-state index in [1.54, 1.807) is 13.0 Å². The molecule has 0 spiro atoms. The van der Waals surface area contributed by atoms with Crippen LogP contribution in [0.15, 0.2) is 12.1 Å². The van der Waals surface area contributed by atoms with E-state index in [9.17, 15) is 4.39 Å². The first-order chi connectivity index (χ1) is 6.00. The summed E-state index contributed by atoms with van der Waals surface area (Å²) in [5.41, 5.74) is 1.47. The summed E-state index contributed by atoms with van der Waals surface area (Å²) in [6.07, 6.45) is 0.128. The SMILES string of the molecule is Cc1cc(OC(C)C)c(C)cc1F. The molecule has 1 aromatic carbocycles. The van der Waals surface area contributed by atoms with Crippen LogP contribution < -0.4 is 4.74 Å². The molecule has 0 radical (unpaired) electrons. The van der Waals surface area contributed by atoms with Gasteiger partial charge in [-0.3, -0.25) is 0 Å². The minimum atomic E-state index is -0.173. The largest absolute Gasteiger partial charge is 0.491 e. The van der Waals surface area contributed by atoms with Crippen LogP contribution in [0.3, 0.4) is 0 Å². The zero-order valence-electron chi connectivity index (χ0n) is 8.52. The van der Waals surface area contributed by atoms with Crippen molar-refractivity contribution < 1.29 is 9.13 Å². The van der Waals surface area contributed by atoms with E-state index in [-0.39, 0.29) is 11.9 Å². The molecule has 72 valence electrons. The van der Waals surface area contributed by atoms with Gasteiger partial charge in [-0.1, -0.05) is 0 Å². The Kier molecular flexibility index (Phi) is 2.91. The fourth-order valence-electron chi connectivity index (χ4n) is 1.14. The van der Waals surface area contributed by atoms with Gasteiger partial charge in [-0.15, -0.1) is 0 Å². The molecule has 0 aromatic heterocycles. The number of benzene rings is 1. The molecule has 1 aromatic rings. The van der Waals surface area contributed by atoms with Crippen molar-refractivity contribution >= 4 is 0 Å². The van der Waals surface area contributed by atoms with Crippen molar-refractivity contribution in [2.75, 3.05) is 0 Å². The highest BCUT2D eigenvalue weighted by Gasteiger charge is 2.05. The zero-order valence-corrected chi connectivity index (χ0v) is 8.52. The predicted octanol–water partition coefficient (Wildman–Crippen LogP) is 3.23. The second-order valence-corrected chi connectivity index (χ2v) is 3.53.